The van der Waals surface area contributed by atoms with Gasteiger partial charge in [-0.15, -0.1) is 0 Å². The Balaban J connectivity index is 1.78. The van der Waals surface area contributed by atoms with Crippen molar-refractivity contribution in [3.63, 3.8) is 0 Å². The molecule has 0 saturated carbocycles. The SMILES string of the molecule is Cc1nc(-c2ccc(C(C)N3CCOCC3)cc2)ccc1O. The minimum atomic E-state index is 0.237. The van der Waals surface area contributed by atoms with Crippen molar-refractivity contribution in [1.29, 1.82) is 0 Å². The highest BCUT2D eigenvalue weighted by molar-refractivity contribution is 5.60. The average molecular weight is 298 g/mol. The van der Waals surface area contributed by atoms with Crippen molar-refractivity contribution in [3.05, 3.63) is 47.7 Å². The number of nitrogens with zero attached hydrogens (tertiary/aromatic N) is 2. The van der Waals surface area contributed by atoms with Gasteiger partial charge in [0.25, 0.3) is 0 Å². The van der Waals surface area contributed by atoms with Gasteiger partial charge >= 0.3 is 0 Å². The maximum absolute atomic E-state index is 9.57. The van der Waals surface area contributed by atoms with Crippen molar-refractivity contribution in [2.75, 3.05) is 26.3 Å². The summed E-state index contributed by atoms with van der Waals surface area (Å²) >= 11 is 0. The van der Waals surface area contributed by atoms with Crippen LogP contribution in [0.2, 0.25) is 0 Å². The first-order chi connectivity index (χ1) is 10.6. The summed E-state index contributed by atoms with van der Waals surface area (Å²) in [7, 11) is 0. The van der Waals surface area contributed by atoms with Crippen molar-refractivity contribution < 1.29 is 9.84 Å². The second-order valence-corrected chi connectivity index (χ2v) is 5.75. The highest BCUT2D eigenvalue weighted by Gasteiger charge is 2.18. The zero-order chi connectivity index (χ0) is 15.5. The Morgan fingerprint density at radius 1 is 1.09 bits per heavy atom. The van der Waals surface area contributed by atoms with E-state index in [-0.39, 0.29) is 5.75 Å². The molecule has 3 rings (SSSR count). The van der Waals surface area contributed by atoms with Gasteiger partial charge in [0.05, 0.1) is 24.6 Å². The number of rotatable bonds is 3. The number of hydrogen-bond acceptors (Lipinski definition) is 4. The van der Waals surface area contributed by atoms with Crippen LogP contribution in [0.15, 0.2) is 36.4 Å². The lowest BCUT2D eigenvalue weighted by molar-refractivity contribution is 0.0198. The summed E-state index contributed by atoms with van der Waals surface area (Å²) in [5.74, 6) is 0.237. The van der Waals surface area contributed by atoms with Crippen molar-refractivity contribution in [2.24, 2.45) is 0 Å². The van der Waals surface area contributed by atoms with Crippen LogP contribution in [0.5, 0.6) is 5.75 Å². The van der Waals surface area contributed by atoms with Gasteiger partial charge in [-0.05, 0) is 31.5 Å². The molecule has 1 aromatic heterocycles. The van der Waals surface area contributed by atoms with Crippen LogP contribution < -0.4 is 0 Å². The summed E-state index contributed by atoms with van der Waals surface area (Å²) in [5.41, 5.74) is 3.92. The molecule has 2 aromatic rings. The number of ether oxygens (including phenoxy) is 1. The number of aromatic hydroxyl groups is 1. The summed E-state index contributed by atoms with van der Waals surface area (Å²) in [6.07, 6.45) is 0. The molecule has 2 heterocycles. The molecule has 0 radical (unpaired) electrons. The summed E-state index contributed by atoms with van der Waals surface area (Å²) in [6, 6.07) is 12.5. The van der Waals surface area contributed by atoms with Gasteiger partial charge in [-0.2, -0.15) is 0 Å². The lowest BCUT2D eigenvalue weighted by Crippen LogP contribution is -2.37. The first kappa shape index (κ1) is 15.0. The van der Waals surface area contributed by atoms with E-state index >= 15 is 0 Å². The summed E-state index contributed by atoms with van der Waals surface area (Å²) in [5, 5.41) is 9.57. The van der Waals surface area contributed by atoms with Crippen LogP contribution in [0, 0.1) is 6.92 Å². The van der Waals surface area contributed by atoms with Crippen LogP contribution in [-0.4, -0.2) is 41.3 Å². The molecule has 0 aliphatic carbocycles. The van der Waals surface area contributed by atoms with E-state index in [1.807, 2.05) is 13.0 Å². The van der Waals surface area contributed by atoms with E-state index in [0.29, 0.717) is 11.7 Å². The quantitative estimate of drug-likeness (QED) is 0.945. The molecule has 1 N–H and O–H groups in total. The molecule has 1 aromatic carbocycles. The number of aryl methyl sites for hydroxylation is 1. The second-order valence-electron chi connectivity index (χ2n) is 5.75. The Labute approximate surface area is 131 Å². The van der Waals surface area contributed by atoms with E-state index in [0.717, 1.165) is 37.6 Å². The zero-order valence-electron chi connectivity index (χ0n) is 13.1. The maximum atomic E-state index is 9.57. The Morgan fingerprint density at radius 3 is 2.41 bits per heavy atom. The van der Waals surface area contributed by atoms with Gasteiger partial charge in [-0.25, -0.2) is 4.98 Å². The zero-order valence-corrected chi connectivity index (χ0v) is 13.1. The molecule has 4 nitrogen and oxygen atoms in total. The molecular formula is C18H22N2O2. The third kappa shape index (κ3) is 3.13. The molecule has 1 saturated heterocycles. The Bertz CT molecular complexity index is 634. The third-order valence-electron chi connectivity index (χ3n) is 4.34. The van der Waals surface area contributed by atoms with E-state index < -0.39 is 0 Å². The Kier molecular flexibility index (Phi) is 4.41. The van der Waals surface area contributed by atoms with E-state index in [1.165, 1.54) is 5.56 Å². The normalized spacial score (nSPS) is 17.4. The van der Waals surface area contributed by atoms with Gasteiger partial charge < -0.3 is 9.84 Å². The standard InChI is InChI=1S/C18H22N2O2/c1-13-18(21)8-7-17(19-13)16-5-3-15(4-6-16)14(2)20-9-11-22-12-10-20/h3-8,14,21H,9-12H2,1-2H3. The lowest BCUT2D eigenvalue weighted by Gasteiger charge is -2.32. The van der Waals surface area contributed by atoms with Gasteiger partial charge in [-0.1, -0.05) is 24.3 Å². The monoisotopic (exact) mass is 298 g/mol. The lowest BCUT2D eigenvalue weighted by atomic mass is 10.0. The fraction of sp³-hybridized carbons (Fsp3) is 0.389. The third-order valence-corrected chi connectivity index (χ3v) is 4.34. The van der Waals surface area contributed by atoms with Crippen molar-refractivity contribution in [3.8, 4) is 17.0 Å². The molecular weight excluding hydrogens is 276 g/mol. The van der Waals surface area contributed by atoms with Gasteiger partial charge in [0, 0.05) is 24.7 Å². The molecule has 1 aliphatic heterocycles. The number of benzene rings is 1. The molecule has 4 heteroatoms. The number of aromatic nitrogens is 1. The molecule has 22 heavy (non-hydrogen) atoms. The molecule has 0 bridgehead atoms. The van der Waals surface area contributed by atoms with Crippen molar-refractivity contribution >= 4 is 0 Å². The van der Waals surface area contributed by atoms with Crippen LogP contribution in [0.25, 0.3) is 11.3 Å². The molecule has 0 spiro atoms. The predicted octanol–water partition coefficient (Wildman–Crippen LogP) is 3.16. The molecule has 1 fully saturated rings. The summed E-state index contributed by atoms with van der Waals surface area (Å²) in [4.78, 5) is 6.88. The number of morpholine rings is 1. The van der Waals surface area contributed by atoms with Crippen molar-refractivity contribution in [1.82, 2.24) is 9.88 Å². The molecule has 1 aliphatic rings. The summed E-state index contributed by atoms with van der Waals surface area (Å²) < 4.78 is 5.41. The van der Waals surface area contributed by atoms with Gasteiger partial charge in [-0.3, -0.25) is 4.90 Å². The highest BCUT2D eigenvalue weighted by Crippen LogP contribution is 2.26. The van der Waals surface area contributed by atoms with Gasteiger partial charge in [0.1, 0.15) is 5.75 Å². The minimum Gasteiger partial charge on any atom is -0.506 e. The smallest absolute Gasteiger partial charge is 0.136 e. The Hall–Kier alpha value is -1.91. The molecule has 1 atom stereocenters. The average Bonchev–Trinajstić information content (AvgIpc) is 2.58. The van der Waals surface area contributed by atoms with Crippen LogP contribution in [-0.2, 0) is 4.74 Å². The van der Waals surface area contributed by atoms with Crippen LogP contribution in [0.4, 0.5) is 0 Å². The van der Waals surface area contributed by atoms with Gasteiger partial charge in [0.15, 0.2) is 0 Å². The highest BCUT2D eigenvalue weighted by atomic mass is 16.5. The topological polar surface area (TPSA) is 45.6 Å². The summed E-state index contributed by atoms with van der Waals surface area (Å²) in [6.45, 7) is 7.67. The second kappa shape index (κ2) is 6.46. The van der Waals surface area contributed by atoms with E-state index in [4.69, 9.17) is 4.74 Å². The van der Waals surface area contributed by atoms with Crippen LogP contribution >= 0.6 is 0 Å². The van der Waals surface area contributed by atoms with Crippen molar-refractivity contribution in [2.45, 2.75) is 19.9 Å². The van der Waals surface area contributed by atoms with Crippen LogP contribution in [0.1, 0.15) is 24.2 Å². The fourth-order valence-electron chi connectivity index (χ4n) is 2.82. The molecule has 116 valence electrons. The van der Waals surface area contributed by atoms with E-state index in [9.17, 15) is 5.11 Å². The first-order valence-electron chi connectivity index (χ1n) is 7.74. The first-order valence-corrected chi connectivity index (χ1v) is 7.74. The fourth-order valence-corrected chi connectivity index (χ4v) is 2.82. The minimum absolute atomic E-state index is 0.237. The largest absolute Gasteiger partial charge is 0.506 e. The molecule has 0 amide bonds. The van der Waals surface area contributed by atoms with E-state index in [1.54, 1.807) is 6.07 Å². The molecule has 1 unspecified atom stereocenters. The van der Waals surface area contributed by atoms with Gasteiger partial charge in [0.2, 0.25) is 0 Å². The maximum Gasteiger partial charge on any atom is 0.136 e. The van der Waals surface area contributed by atoms with E-state index in [2.05, 4.69) is 41.1 Å². The number of hydrogen-bond donors (Lipinski definition) is 1. The number of pyridine rings is 1. The Morgan fingerprint density at radius 2 is 1.77 bits per heavy atom. The predicted molar refractivity (Wildman–Crippen MR) is 86.9 cm³/mol. The van der Waals surface area contributed by atoms with Crippen LogP contribution in [0.3, 0.4) is 0 Å².